The highest BCUT2D eigenvalue weighted by molar-refractivity contribution is 5.07. The van der Waals surface area contributed by atoms with Crippen LogP contribution in [-0.2, 0) is 6.54 Å². The monoisotopic (exact) mass is 248 g/mol. The van der Waals surface area contributed by atoms with Crippen molar-refractivity contribution in [3.63, 3.8) is 0 Å². The molecule has 0 bridgehead atoms. The van der Waals surface area contributed by atoms with Crippen molar-refractivity contribution in [2.45, 2.75) is 19.0 Å². The first-order chi connectivity index (χ1) is 8.75. The van der Waals surface area contributed by atoms with Crippen LogP contribution in [0.2, 0.25) is 0 Å². The molecule has 1 saturated heterocycles. The van der Waals surface area contributed by atoms with Crippen molar-refractivity contribution >= 4 is 0 Å². The zero-order chi connectivity index (χ0) is 12.8. The largest absolute Gasteiger partial charge is 0.311 e. The molecule has 100 valence electrons. The van der Waals surface area contributed by atoms with Crippen molar-refractivity contribution in [1.82, 2.24) is 20.1 Å². The first kappa shape index (κ1) is 13.5. The summed E-state index contributed by atoms with van der Waals surface area (Å²) in [5, 5.41) is 3.48. The number of aromatic nitrogens is 1. The molecule has 1 aromatic heterocycles. The molecule has 4 heteroatoms. The lowest BCUT2D eigenvalue weighted by atomic mass is 10.2. The molecule has 18 heavy (non-hydrogen) atoms. The molecule has 1 fully saturated rings. The number of rotatable bonds is 6. The van der Waals surface area contributed by atoms with Gasteiger partial charge in [-0.15, -0.1) is 0 Å². The maximum Gasteiger partial charge on any atom is 0.0312 e. The quantitative estimate of drug-likeness (QED) is 0.755. The Morgan fingerprint density at radius 3 is 3.06 bits per heavy atom. The number of nitrogens with zero attached hydrogens (tertiary/aromatic N) is 3. The summed E-state index contributed by atoms with van der Waals surface area (Å²) < 4.78 is 0. The maximum absolute atomic E-state index is 4.11. The molecule has 2 rings (SSSR count). The van der Waals surface area contributed by atoms with E-state index >= 15 is 0 Å². The van der Waals surface area contributed by atoms with Crippen molar-refractivity contribution in [3.05, 3.63) is 30.1 Å². The molecule has 1 N–H and O–H groups in total. The molecule has 0 aliphatic carbocycles. The van der Waals surface area contributed by atoms with E-state index in [4.69, 9.17) is 0 Å². The van der Waals surface area contributed by atoms with Crippen LogP contribution >= 0.6 is 0 Å². The van der Waals surface area contributed by atoms with Crippen LogP contribution < -0.4 is 5.32 Å². The second kappa shape index (κ2) is 6.83. The van der Waals surface area contributed by atoms with E-state index in [-0.39, 0.29) is 0 Å². The average molecular weight is 248 g/mol. The Balaban J connectivity index is 1.59. The fourth-order valence-electron chi connectivity index (χ4n) is 2.41. The van der Waals surface area contributed by atoms with Gasteiger partial charge in [0.1, 0.15) is 0 Å². The minimum atomic E-state index is 0.739. The molecule has 4 nitrogen and oxygen atoms in total. The smallest absolute Gasteiger partial charge is 0.0312 e. The lowest BCUT2D eigenvalue weighted by Crippen LogP contribution is -2.34. The Kier molecular flexibility index (Phi) is 5.11. The molecule has 1 aromatic rings. The first-order valence-electron chi connectivity index (χ1n) is 6.74. The number of nitrogens with one attached hydrogen (secondary N) is 1. The minimum absolute atomic E-state index is 0.739. The van der Waals surface area contributed by atoms with Gasteiger partial charge in [-0.3, -0.25) is 4.98 Å². The average Bonchev–Trinajstić information content (AvgIpc) is 2.85. The lowest BCUT2D eigenvalue weighted by molar-refractivity contribution is 0.268. The summed E-state index contributed by atoms with van der Waals surface area (Å²) in [6, 6.07) is 4.83. The molecule has 0 radical (unpaired) electrons. The highest BCUT2D eigenvalue weighted by Gasteiger charge is 2.22. The second-order valence-corrected chi connectivity index (χ2v) is 5.24. The van der Waals surface area contributed by atoms with Crippen molar-refractivity contribution in [3.8, 4) is 0 Å². The van der Waals surface area contributed by atoms with E-state index < -0.39 is 0 Å². The summed E-state index contributed by atoms with van der Waals surface area (Å²) in [5.41, 5.74) is 1.25. The van der Waals surface area contributed by atoms with E-state index in [1.807, 2.05) is 18.5 Å². The number of hydrogen-bond acceptors (Lipinski definition) is 4. The molecular formula is C14H24N4. The lowest BCUT2D eigenvalue weighted by Gasteiger charge is -2.20. The van der Waals surface area contributed by atoms with Gasteiger partial charge in [-0.25, -0.2) is 0 Å². The van der Waals surface area contributed by atoms with E-state index in [1.165, 1.54) is 25.1 Å². The zero-order valence-electron chi connectivity index (χ0n) is 11.5. The molecule has 0 amide bonds. The fourth-order valence-corrected chi connectivity index (χ4v) is 2.41. The molecule has 0 saturated carbocycles. The number of likely N-dealkylation sites (N-methyl/N-ethyl adjacent to an activating group) is 1. The van der Waals surface area contributed by atoms with E-state index in [0.717, 1.165) is 25.7 Å². The van der Waals surface area contributed by atoms with Gasteiger partial charge in [-0.2, -0.15) is 0 Å². The van der Waals surface area contributed by atoms with Gasteiger partial charge in [0, 0.05) is 44.6 Å². The SMILES string of the molecule is CN(C)C1CCN(CCNCc2cccnc2)C1. The molecule has 0 aromatic carbocycles. The highest BCUT2D eigenvalue weighted by atomic mass is 15.2. The zero-order valence-corrected chi connectivity index (χ0v) is 11.5. The molecule has 1 atom stereocenters. The molecule has 1 aliphatic heterocycles. The van der Waals surface area contributed by atoms with Gasteiger partial charge in [0.25, 0.3) is 0 Å². The van der Waals surface area contributed by atoms with Crippen molar-refractivity contribution in [2.24, 2.45) is 0 Å². The summed E-state index contributed by atoms with van der Waals surface area (Å²) in [6.07, 6.45) is 5.04. The van der Waals surface area contributed by atoms with Crippen LogP contribution in [0.3, 0.4) is 0 Å². The predicted octanol–water partition coefficient (Wildman–Crippen LogP) is 0.807. The summed E-state index contributed by atoms with van der Waals surface area (Å²) in [4.78, 5) is 8.99. The third-order valence-corrected chi connectivity index (χ3v) is 3.63. The van der Waals surface area contributed by atoms with E-state index in [9.17, 15) is 0 Å². The Bertz CT molecular complexity index is 339. The number of pyridine rings is 1. The molecule has 0 spiro atoms. The van der Waals surface area contributed by atoms with Crippen LogP contribution in [0.5, 0.6) is 0 Å². The van der Waals surface area contributed by atoms with Gasteiger partial charge in [-0.1, -0.05) is 6.07 Å². The Morgan fingerprint density at radius 2 is 2.39 bits per heavy atom. The number of likely N-dealkylation sites (tertiary alicyclic amines) is 1. The summed E-state index contributed by atoms with van der Waals surface area (Å²) in [7, 11) is 4.35. The minimum Gasteiger partial charge on any atom is -0.311 e. The molecule has 1 aliphatic rings. The topological polar surface area (TPSA) is 31.4 Å². The highest BCUT2D eigenvalue weighted by Crippen LogP contribution is 2.11. The van der Waals surface area contributed by atoms with Gasteiger partial charge < -0.3 is 15.1 Å². The van der Waals surface area contributed by atoms with Crippen LogP contribution in [0.1, 0.15) is 12.0 Å². The third kappa shape index (κ3) is 4.05. The van der Waals surface area contributed by atoms with Crippen molar-refractivity contribution < 1.29 is 0 Å². The molecule has 2 heterocycles. The van der Waals surface area contributed by atoms with E-state index in [2.05, 4.69) is 40.3 Å². The third-order valence-electron chi connectivity index (χ3n) is 3.63. The summed E-state index contributed by atoms with van der Waals surface area (Å²) >= 11 is 0. The second-order valence-electron chi connectivity index (χ2n) is 5.24. The van der Waals surface area contributed by atoms with Crippen LogP contribution in [0, 0.1) is 0 Å². The van der Waals surface area contributed by atoms with Gasteiger partial charge in [0.15, 0.2) is 0 Å². The van der Waals surface area contributed by atoms with Crippen LogP contribution in [-0.4, -0.2) is 61.1 Å². The van der Waals surface area contributed by atoms with Gasteiger partial charge in [-0.05, 0) is 38.7 Å². The van der Waals surface area contributed by atoms with Gasteiger partial charge in [0.2, 0.25) is 0 Å². The maximum atomic E-state index is 4.11. The Morgan fingerprint density at radius 1 is 1.50 bits per heavy atom. The first-order valence-corrected chi connectivity index (χ1v) is 6.74. The van der Waals surface area contributed by atoms with Gasteiger partial charge >= 0.3 is 0 Å². The molecular weight excluding hydrogens is 224 g/mol. The van der Waals surface area contributed by atoms with E-state index in [1.54, 1.807) is 0 Å². The molecule has 1 unspecified atom stereocenters. The van der Waals surface area contributed by atoms with Crippen LogP contribution in [0.15, 0.2) is 24.5 Å². The normalized spacial score (nSPS) is 20.7. The predicted molar refractivity (Wildman–Crippen MR) is 74.5 cm³/mol. The van der Waals surface area contributed by atoms with Gasteiger partial charge in [0.05, 0.1) is 0 Å². The van der Waals surface area contributed by atoms with Crippen LogP contribution in [0.25, 0.3) is 0 Å². The summed E-state index contributed by atoms with van der Waals surface area (Å²) in [6.45, 7) is 5.55. The Hall–Kier alpha value is -0.970. The number of hydrogen-bond donors (Lipinski definition) is 1. The Labute approximate surface area is 110 Å². The van der Waals surface area contributed by atoms with Crippen LogP contribution in [0.4, 0.5) is 0 Å². The summed E-state index contributed by atoms with van der Waals surface area (Å²) in [5.74, 6) is 0. The van der Waals surface area contributed by atoms with Crippen molar-refractivity contribution in [1.29, 1.82) is 0 Å². The fraction of sp³-hybridized carbons (Fsp3) is 0.643. The van der Waals surface area contributed by atoms with Crippen molar-refractivity contribution in [2.75, 3.05) is 40.3 Å². The standard InChI is InChI=1S/C14H24N4/c1-17(2)14-5-8-18(12-14)9-7-16-11-13-4-3-6-15-10-13/h3-4,6,10,14,16H,5,7-9,11-12H2,1-2H3. The van der Waals surface area contributed by atoms with E-state index in [0.29, 0.717) is 0 Å².